The molecule has 2 aromatic carbocycles. The predicted octanol–water partition coefficient (Wildman–Crippen LogP) is 3.92. The molecule has 3 nitrogen and oxygen atoms in total. The van der Waals surface area contributed by atoms with Crippen LogP contribution in [0.15, 0.2) is 48.5 Å². The Bertz CT molecular complexity index is 598. The lowest BCUT2D eigenvalue weighted by Gasteiger charge is -2.18. The van der Waals surface area contributed by atoms with E-state index < -0.39 is 0 Å². The van der Waals surface area contributed by atoms with Crippen LogP contribution in [-0.4, -0.2) is 12.8 Å². The van der Waals surface area contributed by atoms with E-state index >= 15 is 0 Å². The molecule has 2 aromatic rings. The second-order valence-electron chi connectivity index (χ2n) is 5.74. The van der Waals surface area contributed by atoms with Crippen LogP contribution in [0.5, 0.6) is 11.5 Å². The summed E-state index contributed by atoms with van der Waals surface area (Å²) >= 11 is 0. The summed E-state index contributed by atoms with van der Waals surface area (Å²) in [5.41, 5.74) is 2.62. The Kier molecular flexibility index (Phi) is 4.96. The molecule has 3 rings (SSSR count). The van der Waals surface area contributed by atoms with E-state index in [2.05, 4.69) is 54.7 Å². The molecule has 3 heteroatoms. The normalized spacial score (nSPS) is 14.0. The van der Waals surface area contributed by atoms with Crippen molar-refractivity contribution in [2.24, 2.45) is 0 Å². The largest absolute Gasteiger partial charge is 0.454 e. The number of benzene rings is 2. The SMILES string of the molecule is CCCC(Cc1ccc2c(c1)OCO2)NCc1ccccc1. The van der Waals surface area contributed by atoms with Crippen LogP contribution in [0.2, 0.25) is 0 Å². The number of ether oxygens (including phenoxy) is 2. The van der Waals surface area contributed by atoms with E-state index in [-0.39, 0.29) is 0 Å². The molecule has 0 amide bonds. The van der Waals surface area contributed by atoms with E-state index in [9.17, 15) is 0 Å². The fourth-order valence-electron chi connectivity index (χ4n) is 2.84. The molecule has 116 valence electrons. The van der Waals surface area contributed by atoms with Gasteiger partial charge in [0, 0.05) is 12.6 Å². The highest BCUT2D eigenvalue weighted by Crippen LogP contribution is 2.32. The van der Waals surface area contributed by atoms with Crippen LogP contribution in [0.4, 0.5) is 0 Å². The molecule has 1 heterocycles. The molecule has 1 aliphatic rings. The van der Waals surface area contributed by atoms with Gasteiger partial charge in [-0.25, -0.2) is 0 Å². The Balaban J connectivity index is 1.61. The third-order valence-corrected chi connectivity index (χ3v) is 3.99. The third-order valence-electron chi connectivity index (χ3n) is 3.99. The smallest absolute Gasteiger partial charge is 0.231 e. The van der Waals surface area contributed by atoms with Crippen molar-refractivity contribution in [3.63, 3.8) is 0 Å². The Labute approximate surface area is 132 Å². The molecule has 0 radical (unpaired) electrons. The summed E-state index contributed by atoms with van der Waals surface area (Å²) in [6, 6.07) is 17.3. The predicted molar refractivity (Wildman–Crippen MR) is 88.2 cm³/mol. The van der Waals surface area contributed by atoms with Crippen LogP contribution < -0.4 is 14.8 Å². The first-order valence-corrected chi connectivity index (χ1v) is 8.01. The topological polar surface area (TPSA) is 30.5 Å². The average molecular weight is 297 g/mol. The molecule has 0 saturated heterocycles. The van der Waals surface area contributed by atoms with E-state index in [0.717, 1.165) is 24.5 Å². The lowest BCUT2D eigenvalue weighted by atomic mass is 10.0. The highest BCUT2D eigenvalue weighted by atomic mass is 16.7. The molecule has 0 aliphatic carbocycles. The fraction of sp³-hybridized carbons (Fsp3) is 0.368. The van der Waals surface area contributed by atoms with Crippen LogP contribution in [0.1, 0.15) is 30.9 Å². The third kappa shape index (κ3) is 3.80. The lowest BCUT2D eigenvalue weighted by Crippen LogP contribution is -2.30. The van der Waals surface area contributed by atoms with Crippen LogP contribution in [-0.2, 0) is 13.0 Å². The number of hydrogen-bond donors (Lipinski definition) is 1. The maximum absolute atomic E-state index is 5.47. The minimum atomic E-state index is 0.337. The van der Waals surface area contributed by atoms with Gasteiger partial charge in [0.25, 0.3) is 0 Å². The number of rotatable bonds is 7. The van der Waals surface area contributed by atoms with Gasteiger partial charge < -0.3 is 14.8 Å². The summed E-state index contributed by atoms with van der Waals surface area (Å²) in [5.74, 6) is 1.73. The van der Waals surface area contributed by atoms with Gasteiger partial charge in [0.15, 0.2) is 11.5 Å². The van der Waals surface area contributed by atoms with Crippen molar-refractivity contribution >= 4 is 0 Å². The highest BCUT2D eigenvalue weighted by Gasteiger charge is 2.15. The molecule has 1 atom stereocenters. The van der Waals surface area contributed by atoms with E-state index in [1.165, 1.54) is 24.0 Å². The minimum Gasteiger partial charge on any atom is -0.454 e. The number of nitrogens with one attached hydrogen (secondary N) is 1. The molecular formula is C19H23NO2. The zero-order valence-electron chi connectivity index (χ0n) is 13.0. The van der Waals surface area contributed by atoms with Gasteiger partial charge in [0.1, 0.15) is 0 Å². The summed E-state index contributed by atoms with van der Waals surface area (Å²) in [5, 5.41) is 3.68. The van der Waals surface area contributed by atoms with E-state index in [1.54, 1.807) is 0 Å². The summed E-state index contributed by atoms with van der Waals surface area (Å²) in [4.78, 5) is 0. The number of hydrogen-bond acceptors (Lipinski definition) is 3. The summed E-state index contributed by atoms with van der Waals surface area (Å²) in [6.45, 7) is 3.48. The van der Waals surface area contributed by atoms with Gasteiger partial charge in [-0.3, -0.25) is 0 Å². The molecule has 1 aliphatic heterocycles. The Hall–Kier alpha value is -2.00. The van der Waals surface area contributed by atoms with Gasteiger partial charge in [-0.1, -0.05) is 49.7 Å². The van der Waals surface area contributed by atoms with Crippen molar-refractivity contribution in [2.75, 3.05) is 6.79 Å². The molecule has 0 spiro atoms. The van der Waals surface area contributed by atoms with Crippen LogP contribution in [0.3, 0.4) is 0 Å². The fourth-order valence-corrected chi connectivity index (χ4v) is 2.84. The van der Waals surface area contributed by atoms with Gasteiger partial charge >= 0.3 is 0 Å². The monoisotopic (exact) mass is 297 g/mol. The van der Waals surface area contributed by atoms with Crippen molar-refractivity contribution in [3.8, 4) is 11.5 Å². The van der Waals surface area contributed by atoms with Crippen LogP contribution in [0.25, 0.3) is 0 Å². The first kappa shape index (κ1) is 14.9. The van der Waals surface area contributed by atoms with Gasteiger partial charge in [0.05, 0.1) is 0 Å². The lowest BCUT2D eigenvalue weighted by molar-refractivity contribution is 0.174. The van der Waals surface area contributed by atoms with Crippen molar-refractivity contribution < 1.29 is 9.47 Å². The zero-order valence-corrected chi connectivity index (χ0v) is 13.0. The molecule has 0 bridgehead atoms. The molecule has 1 N–H and O–H groups in total. The second kappa shape index (κ2) is 7.32. The van der Waals surface area contributed by atoms with Crippen molar-refractivity contribution in [1.29, 1.82) is 0 Å². The van der Waals surface area contributed by atoms with E-state index in [4.69, 9.17) is 9.47 Å². The Morgan fingerprint density at radius 2 is 1.82 bits per heavy atom. The average Bonchev–Trinajstić information content (AvgIpc) is 3.01. The minimum absolute atomic E-state index is 0.337. The molecular weight excluding hydrogens is 274 g/mol. The first-order valence-electron chi connectivity index (χ1n) is 8.01. The Morgan fingerprint density at radius 1 is 1.00 bits per heavy atom. The van der Waals surface area contributed by atoms with Gasteiger partial charge in [-0.15, -0.1) is 0 Å². The maximum atomic E-state index is 5.47. The summed E-state index contributed by atoms with van der Waals surface area (Å²) in [6.07, 6.45) is 3.36. The van der Waals surface area contributed by atoms with Crippen molar-refractivity contribution in [1.82, 2.24) is 5.32 Å². The van der Waals surface area contributed by atoms with E-state index in [1.807, 2.05) is 6.07 Å². The van der Waals surface area contributed by atoms with Crippen molar-refractivity contribution in [2.45, 2.75) is 38.8 Å². The maximum Gasteiger partial charge on any atom is 0.231 e. The standard InChI is InChI=1S/C19H23NO2/c1-2-6-17(20-13-15-7-4-3-5-8-15)11-16-9-10-18-19(12-16)22-14-21-18/h3-5,7-10,12,17,20H,2,6,11,13-14H2,1H3. The van der Waals surface area contributed by atoms with Crippen molar-refractivity contribution in [3.05, 3.63) is 59.7 Å². The summed E-state index contributed by atoms with van der Waals surface area (Å²) < 4.78 is 10.8. The van der Waals surface area contributed by atoms with Crippen LogP contribution >= 0.6 is 0 Å². The molecule has 0 fully saturated rings. The molecule has 22 heavy (non-hydrogen) atoms. The zero-order chi connectivity index (χ0) is 15.2. The van der Waals surface area contributed by atoms with Gasteiger partial charge in [-0.05, 0) is 36.1 Å². The van der Waals surface area contributed by atoms with Gasteiger partial charge in [-0.2, -0.15) is 0 Å². The second-order valence-corrected chi connectivity index (χ2v) is 5.74. The van der Waals surface area contributed by atoms with Gasteiger partial charge in [0.2, 0.25) is 6.79 Å². The van der Waals surface area contributed by atoms with Crippen LogP contribution in [0, 0.1) is 0 Å². The Morgan fingerprint density at radius 3 is 2.64 bits per heavy atom. The number of fused-ring (bicyclic) bond motifs is 1. The molecule has 0 aromatic heterocycles. The first-order chi connectivity index (χ1) is 10.8. The van der Waals surface area contributed by atoms with E-state index in [0.29, 0.717) is 12.8 Å². The highest BCUT2D eigenvalue weighted by molar-refractivity contribution is 5.44. The molecule has 0 saturated carbocycles. The quantitative estimate of drug-likeness (QED) is 0.840. The molecule has 1 unspecified atom stereocenters. The summed E-state index contributed by atoms with van der Waals surface area (Å²) in [7, 11) is 0.